The average molecular weight is 274 g/mol. The van der Waals surface area contributed by atoms with Gasteiger partial charge in [0, 0.05) is 13.1 Å². The number of hydrogen-bond acceptors (Lipinski definition) is 3. The maximum Gasteiger partial charge on any atom is 0.118 e. The molecule has 0 bridgehead atoms. The summed E-state index contributed by atoms with van der Waals surface area (Å²) in [5, 5.41) is 9.43. The van der Waals surface area contributed by atoms with Crippen molar-refractivity contribution in [2.75, 3.05) is 13.7 Å². The third kappa shape index (κ3) is 4.86. The molecule has 1 rings (SSSR count). The van der Waals surface area contributed by atoms with Gasteiger partial charge in [-0.15, -0.1) is 0 Å². The normalized spacial score (nSPS) is 12.8. The molecule has 0 radical (unpaired) electrons. The summed E-state index contributed by atoms with van der Waals surface area (Å²) in [5.74, 6) is 1.74. The Labute approximate surface area is 123 Å². The Morgan fingerprint density at radius 2 is 1.75 bits per heavy atom. The standard InChI is InChI=1S/C17H26N2O/c1-13(2)11-19(17(10-18)14(3)4)12-15-6-8-16(20-5)9-7-15/h6-9,13-14,17H,11-12H2,1-5H3. The van der Waals surface area contributed by atoms with E-state index in [1.54, 1.807) is 7.11 Å². The SMILES string of the molecule is COc1ccc(CN(CC(C)C)C(C#N)C(C)C)cc1. The molecule has 1 aromatic carbocycles. The molecule has 0 fully saturated rings. The molecule has 3 nitrogen and oxygen atoms in total. The van der Waals surface area contributed by atoms with Gasteiger partial charge >= 0.3 is 0 Å². The lowest BCUT2D eigenvalue weighted by molar-refractivity contribution is 0.166. The average Bonchev–Trinajstić information content (AvgIpc) is 2.39. The van der Waals surface area contributed by atoms with Crippen LogP contribution in [0.15, 0.2) is 24.3 Å². The zero-order chi connectivity index (χ0) is 15.1. The molecule has 1 unspecified atom stereocenters. The van der Waals surface area contributed by atoms with E-state index in [1.807, 2.05) is 12.1 Å². The number of nitriles is 1. The van der Waals surface area contributed by atoms with Crippen molar-refractivity contribution in [2.45, 2.75) is 40.3 Å². The number of hydrogen-bond donors (Lipinski definition) is 0. The van der Waals surface area contributed by atoms with E-state index in [1.165, 1.54) is 5.56 Å². The van der Waals surface area contributed by atoms with E-state index in [0.29, 0.717) is 11.8 Å². The molecular weight excluding hydrogens is 248 g/mol. The second-order valence-electron chi connectivity index (χ2n) is 5.99. The summed E-state index contributed by atoms with van der Waals surface area (Å²) in [6.45, 7) is 10.3. The van der Waals surface area contributed by atoms with Crippen molar-refractivity contribution in [1.29, 1.82) is 5.26 Å². The maximum atomic E-state index is 9.43. The van der Waals surface area contributed by atoms with Crippen LogP contribution >= 0.6 is 0 Å². The van der Waals surface area contributed by atoms with Gasteiger partial charge < -0.3 is 4.74 Å². The number of ether oxygens (including phenoxy) is 1. The van der Waals surface area contributed by atoms with Crippen molar-refractivity contribution in [3.63, 3.8) is 0 Å². The number of rotatable bonds is 7. The van der Waals surface area contributed by atoms with Gasteiger partial charge in [0.2, 0.25) is 0 Å². The minimum Gasteiger partial charge on any atom is -0.497 e. The Balaban J connectivity index is 2.85. The monoisotopic (exact) mass is 274 g/mol. The molecule has 1 aromatic rings. The highest BCUT2D eigenvalue weighted by molar-refractivity contribution is 5.27. The summed E-state index contributed by atoms with van der Waals surface area (Å²) in [4.78, 5) is 2.27. The minimum atomic E-state index is -0.0421. The van der Waals surface area contributed by atoms with E-state index < -0.39 is 0 Å². The lowest BCUT2D eigenvalue weighted by Gasteiger charge is -2.31. The number of benzene rings is 1. The van der Waals surface area contributed by atoms with E-state index in [0.717, 1.165) is 18.8 Å². The molecular formula is C17H26N2O. The lowest BCUT2D eigenvalue weighted by atomic mass is 10.0. The van der Waals surface area contributed by atoms with Crippen LogP contribution in [-0.2, 0) is 6.54 Å². The van der Waals surface area contributed by atoms with Gasteiger partial charge in [0.15, 0.2) is 0 Å². The Morgan fingerprint density at radius 3 is 2.15 bits per heavy atom. The van der Waals surface area contributed by atoms with Crippen LogP contribution in [0.3, 0.4) is 0 Å². The lowest BCUT2D eigenvalue weighted by Crippen LogP contribution is -2.39. The van der Waals surface area contributed by atoms with E-state index in [2.05, 4.69) is 50.8 Å². The fraction of sp³-hybridized carbons (Fsp3) is 0.588. The van der Waals surface area contributed by atoms with Gasteiger partial charge in [0.05, 0.1) is 13.2 Å². The molecule has 0 spiro atoms. The van der Waals surface area contributed by atoms with Crippen molar-refractivity contribution in [1.82, 2.24) is 4.90 Å². The van der Waals surface area contributed by atoms with E-state index in [4.69, 9.17) is 4.74 Å². The molecule has 20 heavy (non-hydrogen) atoms. The van der Waals surface area contributed by atoms with Gasteiger partial charge in [0.1, 0.15) is 11.8 Å². The molecule has 1 atom stereocenters. The predicted octanol–water partition coefficient (Wildman–Crippen LogP) is 3.70. The quantitative estimate of drug-likeness (QED) is 0.760. The molecule has 0 N–H and O–H groups in total. The molecule has 0 aromatic heterocycles. The first-order chi connectivity index (χ1) is 9.47. The summed E-state index contributed by atoms with van der Waals surface area (Å²) >= 11 is 0. The largest absolute Gasteiger partial charge is 0.497 e. The first kappa shape index (κ1) is 16.5. The predicted molar refractivity (Wildman–Crippen MR) is 82.5 cm³/mol. The molecule has 0 amide bonds. The van der Waals surface area contributed by atoms with Crippen LogP contribution < -0.4 is 4.74 Å². The van der Waals surface area contributed by atoms with Crippen LogP contribution in [0.2, 0.25) is 0 Å². The van der Waals surface area contributed by atoms with E-state index >= 15 is 0 Å². The zero-order valence-electron chi connectivity index (χ0n) is 13.3. The summed E-state index contributed by atoms with van der Waals surface area (Å²) in [5.41, 5.74) is 1.22. The topological polar surface area (TPSA) is 36.3 Å². The van der Waals surface area contributed by atoms with Crippen LogP contribution in [0.4, 0.5) is 0 Å². The molecule has 0 aliphatic rings. The highest BCUT2D eigenvalue weighted by Crippen LogP contribution is 2.18. The second kappa shape index (κ2) is 7.91. The third-order valence-corrected chi connectivity index (χ3v) is 3.30. The van der Waals surface area contributed by atoms with Crippen molar-refractivity contribution < 1.29 is 4.74 Å². The molecule has 3 heteroatoms. The zero-order valence-corrected chi connectivity index (χ0v) is 13.3. The Hall–Kier alpha value is -1.53. The van der Waals surface area contributed by atoms with Crippen molar-refractivity contribution in [3.05, 3.63) is 29.8 Å². The first-order valence-electron chi connectivity index (χ1n) is 7.24. The fourth-order valence-corrected chi connectivity index (χ4v) is 2.36. The second-order valence-corrected chi connectivity index (χ2v) is 5.99. The molecule has 0 aliphatic heterocycles. The van der Waals surface area contributed by atoms with Crippen molar-refractivity contribution in [2.24, 2.45) is 11.8 Å². The van der Waals surface area contributed by atoms with Gasteiger partial charge in [-0.1, -0.05) is 39.8 Å². The van der Waals surface area contributed by atoms with Gasteiger partial charge in [-0.25, -0.2) is 0 Å². The Morgan fingerprint density at radius 1 is 1.15 bits per heavy atom. The van der Waals surface area contributed by atoms with E-state index in [-0.39, 0.29) is 6.04 Å². The summed E-state index contributed by atoms with van der Waals surface area (Å²) in [6.07, 6.45) is 0. The van der Waals surface area contributed by atoms with Crippen LogP contribution in [-0.4, -0.2) is 24.6 Å². The molecule has 0 aliphatic carbocycles. The van der Waals surface area contributed by atoms with Crippen molar-refractivity contribution >= 4 is 0 Å². The van der Waals surface area contributed by atoms with Gasteiger partial charge in [-0.05, 0) is 29.5 Å². The van der Waals surface area contributed by atoms with Crippen LogP contribution in [0.1, 0.15) is 33.3 Å². The Kier molecular flexibility index (Phi) is 6.54. The Bertz CT molecular complexity index is 431. The minimum absolute atomic E-state index is 0.0421. The van der Waals surface area contributed by atoms with Crippen LogP contribution in [0.5, 0.6) is 5.75 Å². The molecule has 0 heterocycles. The number of methoxy groups -OCH3 is 1. The van der Waals surface area contributed by atoms with Gasteiger partial charge in [-0.3, -0.25) is 4.90 Å². The maximum absolute atomic E-state index is 9.43. The number of nitrogens with zero attached hydrogens (tertiary/aromatic N) is 2. The fourth-order valence-electron chi connectivity index (χ4n) is 2.36. The van der Waals surface area contributed by atoms with Crippen LogP contribution in [0, 0.1) is 23.2 Å². The molecule has 0 saturated carbocycles. The van der Waals surface area contributed by atoms with Gasteiger partial charge in [-0.2, -0.15) is 5.26 Å². The molecule has 0 saturated heterocycles. The summed E-state index contributed by atoms with van der Waals surface area (Å²) in [7, 11) is 1.67. The summed E-state index contributed by atoms with van der Waals surface area (Å²) in [6, 6.07) is 10.5. The smallest absolute Gasteiger partial charge is 0.118 e. The molecule has 110 valence electrons. The summed E-state index contributed by atoms with van der Waals surface area (Å²) < 4.78 is 5.18. The third-order valence-electron chi connectivity index (χ3n) is 3.30. The highest BCUT2D eigenvalue weighted by Gasteiger charge is 2.22. The van der Waals surface area contributed by atoms with Crippen LogP contribution in [0.25, 0.3) is 0 Å². The van der Waals surface area contributed by atoms with E-state index in [9.17, 15) is 5.26 Å². The van der Waals surface area contributed by atoms with Crippen molar-refractivity contribution in [3.8, 4) is 11.8 Å². The highest BCUT2D eigenvalue weighted by atomic mass is 16.5. The van der Waals surface area contributed by atoms with Gasteiger partial charge in [0.25, 0.3) is 0 Å². The first-order valence-corrected chi connectivity index (χ1v) is 7.24.